The molecule has 1 aliphatic heterocycles. The van der Waals surface area contributed by atoms with Gasteiger partial charge in [-0.1, -0.05) is 9.39 Å². The van der Waals surface area contributed by atoms with E-state index in [0.29, 0.717) is 0 Å². The largest absolute Gasteiger partial charge is 0.464 e. The lowest BCUT2D eigenvalue weighted by Gasteiger charge is -2.28. The maximum atomic E-state index is 11.6. The van der Waals surface area contributed by atoms with E-state index in [-0.39, 0.29) is 5.91 Å². The summed E-state index contributed by atoms with van der Waals surface area (Å²) < 4.78 is 5.40. The molecule has 1 aromatic heterocycles. The number of amides is 1. The third kappa shape index (κ3) is 2.92. The Hall–Kier alpha value is -1.64. The van der Waals surface area contributed by atoms with Crippen molar-refractivity contribution in [1.82, 2.24) is 0 Å². The predicted octanol–water partition coefficient (Wildman–Crippen LogP) is 2.98. The van der Waals surface area contributed by atoms with E-state index in [1.54, 1.807) is 13.2 Å². The SMILES string of the molecule is CC(=O)N1CCCc2cc(-c3ccco3)ccc21.NP. The van der Waals surface area contributed by atoms with Crippen molar-refractivity contribution in [2.75, 3.05) is 11.4 Å². The van der Waals surface area contributed by atoms with E-state index in [2.05, 4.69) is 11.6 Å². The van der Waals surface area contributed by atoms with Crippen LogP contribution in [-0.2, 0) is 11.2 Å². The number of hydrogen-bond acceptors (Lipinski definition) is 3. The zero-order valence-electron chi connectivity index (χ0n) is 11.5. The molecular weight excluding hydrogens is 271 g/mol. The summed E-state index contributed by atoms with van der Waals surface area (Å²) in [6.45, 7) is 2.44. The Balaban J connectivity index is 0.000000704. The number of fused-ring (bicyclic) bond motifs is 1. The first-order chi connectivity index (χ1) is 9.75. The first-order valence-corrected chi connectivity index (χ1v) is 7.20. The molecule has 106 valence electrons. The second-order valence-electron chi connectivity index (χ2n) is 4.60. The second kappa shape index (κ2) is 6.69. The topological polar surface area (TPSA) is 59.5 Å². The molecule has 0 saturated heterocycles. The lowest BCUT2D eigenvalue weighted by molar-refractivity contribution is -0.116. The number of nitrogens with zero attached hydrogens (tertiary/aromatic N) is 1. The highest BCUT2D eigenvalue weighted by molar-refractivity contribution is 7.13. The first kappa shape index (κ1) is 14.8. The van der Waals surface area contributed by atoms with E-state index >= 15 is 0 Å². The average Bonchev–Trinajstić information content (AvgIpc) is 3.02. The van der Waals surface area contributed by atoms with Gasteiger partial charge in [0, 0.05) is 24.7 Å². The number of benzene rings is 1. The summed E-state index contributed by atoms with van der Waals surface area (Å²) in [5.74, 6) is 0.986. The van der Waals surface area contributed by atoms with Gasteiger partial charge in [0.15, 0.2) is 0 Å². The van der Waals surface area contributed by atoms with Crippen molar-refractivity contribution in [3.8, 4) is 11.3 Å². The van der Waals surface area contributed by atoms with E-state index in [0.717, 1.165) is 36.4 Å². The Labute approximate surface area is 121 Å². The maximum absolute atomic E-state index is 11.6. The van der Waals surface area contributed by atoms with Gasteiger partial charge in [0.2, 0.25) is 5.91 Å². The van der Waals surface area contributed by atoms with Crippen LogP contribution in [0.3, 0.4) is 0 Å². The Kier molecular flexibility index (Phi) is 4.94. The number of carbonyl (C=O) groups excluding carboxylic acids is 1. The zero-order valence-corrected chi connectivity index (χ0v) is 12.7. The molecule has 1 aromatic carbocycles. The van der Waals surface area contributed by atoms with E-state index in [1.807, 2.05) is 38.6 Å². The van der Waals surface area contributed by atoms with E-state index in [9.17, 15) is 4.79 Å². The molecule has 0 fully saturated rings. The number of hydrogen-bond donors (Lipinski definition) is 1. The standard InChI is InChI=1S/C15H15NO2.H4NP/c1-11(17)16-8-2-4-12-10-13(6-7-14(12)16)15-5-3-9-18-15;1-2/h3,5-7,9-10H,2,4,8H2,1H3;1-2H2. The molecule has 2 aromatic rings. The number of aryl methyl sites for hydroxylation is 1. The normalized spacial score (nSPS) is 13.2. The van der Waals surface area contributed by atoms with Crippen molar-refractivity contribution in [1.29, 1.82) is 0 Å². The van der Waals surface area contributed by atoms with Crippen LogP contribution in [0.15, 0.2) is 41.0 Å². The molecule has 0 aliphatic carbocycles. The van der Waals surface area contributed by atoms with Crippen LogP contribution < -0.4 is 10.4 Å². The van der Waals surface area contributed by atoms with Crippen molar-refractivity contribution >= 4 is 21.0 Å². The monoisotopic (exact) mass is 290 g/mol. The molecule has 0 radical (unpaired) electrons. The van der Waals surface area contributed by atoms with Crippen molar-refractivity contribution in [3.05, 3.63) is 42.2 Å². The quantitative estimate of drug-likeness (QED) is 0.821. The maximum Gasteiger partial charge on any atom is 0.223 e. The Bertz CT molecular complexity index is 582. The molecule has 0 saturated carbocycles. The summed E-state index contributed by atoms with van der Waals surface area (Å²) >= 11 is 0. The fourth-order valence-corrected chi connectivity index (χ4v) is 2.52. The predicted molar refractivity (Wildman–Crippen MR) is 84.4 cm³/mol. The molecule has 0 bridgehead atoms. The van der Waals surface area contributed by atoms with Crippen molar-refractivity contribution in [2.24, 2.45) is 5.50 Å². The highest BCUT2D eigenvalue weighted by Gasteiger charge is 2.20. The zero-order chi connectivity index (χ0) is 14.5. The van der Waals surface area contributed by atoms with Gasteiger partial charge in [-0.3, -0.25) is 4.79 Å². The van der Waals surface area contributed by atoms with E-state index in [1.165, 1.54) is 5.56 Å². The third-order valence-corrected chi connectivity index (χ3v) is 3.38. The summed E-state index contributed by atoms with van der Waals surface area (Å²) in [6.07, 6.45) is 3.72. The molecule has 5 heteroatoms. The van der Waals surface area contributed by atoms with Gasteiger partial charge in [-0.2, -0.15) is 0 Å². The van der Waals surface area contributed by atoms with E-state index in [4.69, 9.17) is 4.42 Å². The summed E-state index contributed by atoms with van der Waals surface area (Å²) in [7, 11) is 1.92. The first-order valence-electron chi connectivity index (χ1n) is 6.54. The highest BCUT2D eigenvalue weighted by Crippen LogP contribution is 2.31. The minimum Gasteiger partial charge on any atom is -0.464 e. The summed E-state index contributed by atoms with van der Waals surface area (Å²) in [5, 5.41) is 0. The van der Waals surface area contributed by atoms with Gasteiger partial charge in [-0.25, -0.2) is 0 Å². The molecule has 1 aliphatic rings. The van der Waals surface area contributed by atoms with Crippen LogP contribution in [0.4, 0.5) is 5.69 Å². The van der Waals surface area contributed by atoms with Crippen molar-refractivity contribution in [3.63, 3.8) is 0 Å². The molecule has 0 spiro atoms. The molecular formula is C15H19N2O2P. The van der Waals surface area contributed by atoms with Gasteiger partial charge in [0.05, 0.1) is 6.26 Å². The third-order valence-electron chi connectivity index (χ3n) is 3.38. The number of nitrogens with two attached hydrogens (primary N) is 1. The fourth-order valence-electron chi connectivity index (χ4n) is 2.52. The van der Waals surface area contributed by atoms with Gasteiger partial charge < -0.3 is 14.8 Å². The van der Waals surface area contributed by atoms with Gasteiger partial charge >= 0.3 is 0 Å². The molecule has 1 atom stereocenters. The van der Waals surface area contributed by atoms with Crippen LogP contribution in [0.1, 0.15) is 18.9 Å². The average molecular weight is 290 g/mol. The molecule has 2 N–H and O–H groups in total. The summed E-state index contributed by atoms with van der Waals surface area (Å²) in [4.78, 5) is 13.4. The summed E-state index contributed by atoms with van der Waals surface area (Å²) in [6, 6.07) is 10.00. The van der Waals surface area contributed by atoms with Crippen LogP contribution in [0.2, 0.25) is 0 Å². The van der Waals surface area contributed by atoms with Crippen molar-refractivity contribution < 1.29 is 9.21 Å². The van der Waals surface area contributed by atoms with Crippen LogP contribution in [0, 0.1) is 0 Å². The van der Waals surface area contributed by atoms with Crippen LogP contribution in [-0.4, -0.2) is 12.5 Å². The molecule has 2 heterocycles. The van der Waals surface area contributed by atoms with Crippen LogP contribution >= 0.6 is 9.39 Å². The van der Waals surface area contributed by atoms with Gasteiger partial charge in [0.1, 0.15) is 5.76 Å². The Morgan fingerprint density at radius 2 is 2.15 bits per heavy atom. The highest BCUT2D eigenvalue weighted by atomic mass is 31.0. The lowest BCUT2D eigenvalue weighted by atomic mass is 9.98. The minimum absolute atomic E-state index is 0.113. The number of carbonyl (C=O) groups is 1. The van der Waals surface area contributed by atoms with Crippen LogP contribution in [0.5, 0.6) is 0 Å². The van der Waals surface area contributed by atoms with Gasteiger partial charge in [-0.05, 0) is 48.7 Å². The molecule has 4 nitrogen and oxygen atoms in total. The number of rotatable bonds is 1. The number of furan rings is 1. The fraction of sp³-hybridized carbons (Fsp3) is 0.267. The molecule has 1 amide bonds. The smallest absolute Gasteiger partial charge is 0.223 e. The van der Waals surface area contributed by atoms with Gasteiger partial charge in [-0.15, -0.1) is 0 Å². The van der Waals surface area contributed by atoms with Gasteiger partial charge in [0.25, 0.3) is 0 Å². The Morgan fingerprint density at radius 3 is 2.80 bits per heavy atom. The molecule has 1 unspecified atom stereocenters. The molecule has 20 heavy (non-hydrogen) atoms. The lowest BCUT2D eigenvalue weighted by Crippen LogP contribution is -2.33. The minimum atomic E-state index is 0.113. The summed E-state index contributed by atoms with van der Waals surface area (Å²) in [5.41, 5.74) is 7.76. The molecule has 3 rings (SSSR count). The number of anilines is 1. The second-order valence-corrected chi connectivity index (χ2v) is 4.60. The van der Waals surface area contributed by atoms with Crippen LogP contribution in [0.25, 0.3) is 11.3 Å². The Morgan fingerprint density at radius 1 is 1.35 bits per heavy atom. The van der Waals surface area contributed by atoms with Crippen molar-refractivity contribution in [2.45, 2.75) is 19.8 Å². The van der Waals surface area contributed by atoms with E-state index < -0.39 is 0 Å².